The van der Waals surface area contributed by atoms with E-state index in [2.05, 4.69) is 6.92 Å². The number of hydrogen-bond donors (Lipinski definition) is 1. The third kappa shape index (κ3) is 2.34. The molecule has 0 aliphatic heterocycles. The summed E-state index contributed by atoms with van der Waals surface area (Å²) in [5.41, 5.74) is 5.96. The lowest BCUT2D eigenvalue weighted by Crippen LogP contribution is -2.42. The summed E-state index contributed by atoms with van der Waals surface area (Å²) in [6, 6.07) is 4.30. The highest BCUT2D eigenvalue weighted by molar-refractivity contribution is 5.27. The molecule has 1 aromatic carbocycles. The van der Waals surface area contributed by atoms with Crippen LogP contribution in [0.2, 0.25) is 0 Å². The third-order valence-electron chi connectivity index (χ3n) is 3.95. The summed E-state index contributed by atoms with van der Waals surface area (Å²) in [5, 5.41) is 0. The normalized spacial score (nSPS) is 29.3. The molecule has 2 N–H and O–H groups in total. The zero-order valence-corrected chi connectivity index (χ0v) is 10.2. The van der Waals surface area contributed by atoms with Crippen LogP contribution in [0.3, 0.4) is 0 Å². The lowest BCUT2D eigenvalue weighted by Gasteiger charge is -2.38. The fourth-order valence-corrected chi connectivity index (χ4v) is 2.91. The maximum atomic E-state index is 13.8. The van der Waals surface area contributed by atoms with Crippen molar-refractivity contribution in [1.29, 1.82) is 0 Å². The van der Waals surface area contributed by atoms with Gasteiger partial charge in [-0.3, -0.25) is 0 Å². The van der Waals surface area contributed by atoms with Gasteiger partial charge in [0.2, 0.25) is 0 Å². The molecule has 1 aliphatic carbocycles. The molecule has 2 rings (SSSR count). The number of halogens is 2. The van der Waals surface area contributed by atoms with Crippen molar-refractivity contribution >= 4 is 0 Å². The molecule has 1 saturated carbocycles. The fraction of sp³-hybridized carbons (Fsp3) is 0.571. The molecule has 0 bridgehead atoms. The van der Waals surface area contributed by atoms with E-state index in [1.54, 1.807) is 6.07 Å². The Hall–Kier alpha value is -0.960. The molecule has 2 unspecified atom stereocenters. The number of hydrogen-bond acceptors (Lipinski definition) is 1. The van der Waals surface area contributed by atoms with Crippen molar-refractivity contribution in [2.75, 3.05) is 0 Å². The van der Waals surface area contributed by atoms with Gasteiger partial charge in [-0.15, -0.1) is 0 Å². The minimum atomic E-state index is -0.800. The van der Waals surface area contributed by atoms with Crippen LogP contribution in [0.1, 0.15) is 44.6 Å². The molecule has 3 heteroatoms. The highest BCUT2D eigenvalue weighted by atomic mass is 19.2. The standard InChI is InChI=1S/C14H19F2N/c1-2-10-5-4-8-14(17,9-10)11-6-3-7-12(15)13(11)16/h3,6-7,10H,2,4-5,8-9,17H2,1H3. The van der Waals surface area contributed by atoms with Gasteiger partial charge in [-0.1, -0.05) is 38.3 Å². The van der Waals surface area contributed by atoms with Crippen molar-refractivity contribution in [3.63, 3.8) is 0 Å². The largest absolute Gasteiger partial charge is 0.321 e. The van der Waals surface area contributed by atoms with Gasteiger partial charge in [0, 0.05) is 11.1 Å². The predicted molar refractivity (Wildman–Crippen MR) is 64.5 cm³/mol. The van der Waals surface area contributed by atoms with Crippen LogP contribution < -0.4 is 5.73 Å². The van der Waals surface area contributed by atoms with E-state index < -0.39 is 17.2 Å². The first-order valence-electron chi connectivity index (χ1n) is 6.30. The Morgan fingerprint density at radius 3 is 2.88 bits per heavy atom. The minimum Gasteiger partial charge on any atom is -0.321 e. The Kier molecular flexibility index (Phi) is 3.48. The van der Waals surface area contributed by atoms with E-state index >= 15 is 0 Å². The van der Waals surface area contributed by atoms with Gasteiger partial charge in [-0.2, -0.15) is 0 Å². The van der Waals surface area contributed by atoms with Crippen LogP contribution in [0.25, 0.3) is 0 Å². The van der Waals surface area contributed by atoms with E-state index in [0.717, 1.165) is 38.2 Å². The highest BCUT2D eigenvalue weighted by Crippen LogP contribution is 2.40. The molecule has 0 amide bonds. The zero-order valence-electron chi connectivity index (χ0n) is 10.2. The van der Waals surface area contributed by atoms with Gasteiger partial charge in [0.25, 0.3) is 0 Å². The molecule has 94 valence electrons. The van der Waals surface area contributed by atoms with E-state index in [1.165, 1.54) is 6.07 Å². The average Bonchev–Trinajstić information content (AvgIpc) is 2.32. The first kappa shape index (κ1) is 12.5. The third-order valence-corrected chi connectivity index (χ3v) is 3.95. The van der Waals surface area contributed by atoms with Crippen molar-refractivity contribution in [2.24, 2.45) is 11.7 Å². The summed E-state index contributed by atoms with van der Waals surface area (Å²) in [4.78, 5) is 0. The Bertz CT molecular complexity index is 405. The monoisotopic (exact) mass is 239 g/mol. The van der Waals surface area contributed by atoms with E-state index in [9.17, 15) is 8.78 Å². The summed E-state index contributed by atoms with van der Waals surface area (Å²) in [6.07, 6.45) is 4.68. The van der Waals surface area contributed by atoms with Gasteiger partial charge in [-0.25, -0.2) is 8.78 Å². The quantitative estimate of drug-likeness (QED) is 0.836. The Balaban J connectivity index is 2.33. The zero-order chi connectivity index (χ0) is 12.5. The topological polar surface area (TPSA) is 26.0 Å². The van der Waals surface area contributed by atoms with Crippen LogP contribution >= 0.6 is 0 Å². The van der Waals surface area contributed by atoms with Crippen LogP contribution in [0.15, 0.2) is 18.2 Å². The van der Waals surface area contributed by atoms with Crippen LogP contribution in [-0.2, 0) is 5.54 Å². The summed E-state index contributed by atoms with van der Waals surface area (Å²) >= 11 is 0. The number of benzene rings is 1. The van der Waals surface area contributed by atoms with Gasteiger partial charge in [0.05, 0.1) is 0 Å². The van der Waals surface area contributed by atoms with Gasteiger partial charge in [-0.05, 0) is 24.8 Å². The molecule has 0 saturated heterocycles. The van der Waals surface area contributed by atoms with Crippen molar-refractivity contribution in [3.8, 4) is 0 Å². The lowest BCUT2D eigenvalue weighted by atomic mass is 9.71. The van der Waals surface area contributed by atoms with E-state index in [-0.39, 0.29) is 0 Å². The molecule has 0 spiro atoms. The van der Waals surface area contributed by atoms with Crippen molar-refractivity contribution in [3.05, 3.63) is 35.4 Å². The van der Waals surface area contributed by atoms with E-state index in [0.29, 0.717) is 11.5 Å². The summed E-state index contributed by atoms with van der Waals surface area (Å²) < 4.78 is 27.1. The summed E-state index contributed by atoms with van der Waals surface area (Å²) in [7, 11) is 0. The first-order chi connectivity index (χ1) is 8.07. The second kappa shape index (κ2) is 4.73. The van der Waals surface area contributed by atoms with Gasteiger partial charge in [0.1, 0.15) is 0 Å². The van der Waals surface area contributed by atoms with Gasteiger partial charge in [0.15, 0.2) is 11.6 Å². The predicted octanol–water partition coefficient (Wildman–Crippen LogP) is 3.72. The molecule has 0 heterocycles. The fourth-order valence-electron chi connectivity index (χ4n) is 2.91. The highest BCUT2D eigenvalue weighted by Gasteiger charge is 2.36. The van der Waals surface area contributed by atoms with Crippen LogP contribution in [0.4, 0.5) is 8.78 Å². The van der Waals surface area contributed by atoms with Gasteiger partial charge < -0.3 is 5.73 Å². The molecule has 1 fully saturated rings. The Labute approximate surface area is 101 Å². The number of rotatable bonds is 2. The van der Waals surface area contributed by atoms with E-state index in [1.807, 2.05) is 0 Å². The molecule has 1 aliphatic rings. The van der Waals surface area contributed by atoms with E-state index in [4.69, 9.17) is 5.73 Å². The Morgan fingerprint density at radius 1 is 1.41 bits per heavy atom. The van der Waals surface area contributed by atoms with Crippen molar-refractivity contribution < 1.29 is 8.78 Å². The molecule has 17 heavy (non-hydrogen) atoms. The molecule has 0 radical (unpaired) electrons. The lowest BCUT2D eigenvalue weighted by molar-refractivity contribution is 0.215. The average molecular weight is 239 g/mol. The Morgan fingerprint density at radius 2 is 2.18 bits per heavy atom. The number of nitrogens with two attached hydrogens (primary N) is 1. The van der Waals surface area contributed by atoms with Crippen molar-refractivity contribution in [1.82, 2.24) is 0 Å². The second-order valence-electron chi connectivity index (χ2n) is 5.13. The molecule has 0 aromatic heterocycles. The second-order valence-corrected chi connectivity index (χ2v) is 5.13. The maximum absolute atomic E-state index is 13.8. The molecule has 2 atom stereocenters. The molecular formula is C14H19F2N. The van der Waals surface area contributed by atoms with Crippen LogP contribution in [0.5, 0.6) is 0 Å². The molecule has 1 aromatic rings. The van der Waals surface area contributed by atoms with Crippen molar-refractivity contribution in [2.45, 2.75) is 44.6 Å². The molecule has 1 nitrogen and oxygen atoms in total. The van der Waals surface area contributed by atoms with Crippen LogP contribution in [-0.4, -0.2) is 0 Å². The smallest absolute Gasteiger partial charge is 0.163 e. The summed E-state index contributed by atoms with van der Waals surface area (Å²) in [5.74, 6) is -1.05. The first-order valence-corrected chi connectivity index (χ1v) is 6.30. The summed E-state index contributed by atoms with van der Waals surface area (Å²) in [6.45, 7) is 2.12. The SMILES string of the molecule is CCC1CCCC(N)(c2cccc(F)c2F)C1. The maximum Gasteiger partial charge on any atom is 0.163 e. The molecular weight excluding hydrogens is 220 g/mol. The minimum absolute atomic E-state index is 0.343. The van der Waals surface area contributed by atoms with Gasteiger partial charge >= 0.3 is 0 Å². The van der Waals surface area contributed by atoms with Crippen LogP contribution in [0, 0.1) is 17.6 Å².